The number of nitrogens with zero attached hydrogens (tertiary/aromatic N) is 3. The smallest absolute Gasteiger partial charge is 0.308 e. The van der Waals surface area contributed by atoms with E-state index in [0.29, 0.717) is 17.6 Å². The predicted molar refractivity (Wildman–Crippen MR) is 90.4 cm³/mol. The second-order valence-corrected chi connectivity index (χ2v) is 7.02. The first-order valence-corrected chi connectivity index (χ1v) is 8.67. The average molecular weight is 347 g/mol. The van der Waals surface area contributed by atoms with Crippen LogP contribution in [0.1, 0.15) is 25.7 Å². The zero-order valence-electron chi connectivity index (χ0n) is 13.1. The molecule has 3 aliphatic carbocycles. The van der Waals surface area contributed by atoms with Crippen molar-refractivity contribution in [1.29, 1.82) is 0 Å². The first-order chi connectivity index (χ1) is 11.6. The minimum absolute atomic E-state index is 0.0986. The quantitative estimate of drug-likeness (QED) is 0.831. The lowest BCUT2D eigenvalue weighted by molar-refractivity contribution is -0.148. The molecule has 5 rings (SSSR count). The summed E-state index contributed by atoms with van der Waals surface area (Å²) in [6.07, 6.45) is 7.94. The van der Waals surface area contributed by atoms with Crippen LogP contribution in [0.25, 0.3) is 5.82 Å². The highest BCUT2D eigenvalue weighted by Crippen LogP contribution is 2.46. The lowest BCUT2D eigenvalue weighted by Gasteiger charge is -2.47. The van der Waals surface area contributed by atoms with Crippen molar-refractivity contribution in [2.75, 3.05) is 5.32 Å². The Hall–Kier alpha value is -2.08. The third-order valence-electron chi connectivity index (χ3n) is 5.37. The van der Waals surface area contributed by atoms with Gasteiger partial charge in [-0.05, 0) is 61.3 Å². The van der Waals surface area contributed by atoms with Crippen molar-refractivity contribution in [3.63, 3.8) is 0 Å². The molecular formula is C17H19ClN4O2. The van der Waals surface area contributed by atoms with Gasteiger partial charge in [0.2, 0.25) is 5.28 Å². The van der Waals surface area contributed by atoms with Gasteiger partial charge < -0.3 is 15.0 Å². The molecule has 0 saturated heterocycles. The Morgan fingerprint density at radius 3 is 2.50 bits per heavy atom. The third-order valence-corrected chi connectivity index (χ3v) is 5.54. The molecule has 3 saturated carbocycles. The molecular weight excluding hydrogens is 328 g/mol. The predicted octanol–water partition coefficient (Wildman–Crippen LogP) is 3.22. The first-order valence-electron chi connectivity index (χ1n) is 8.29. The number of anilines is 1. The number of aliphatic carboxylic acids is 1. The number of hydrogen-bond donors (Lipinski definition) is 2. The summed E-state index contributed by atoms with van der Waals surface area (Å²) in [7, 11) is 0. The van der Waals surface area contributed by atoms with E-state index in [1.807, 2.05) is 35.2 Å². The minimum Gasteiger partial charge on any atom is -0.481 e. The van der Waals surface area contributed by atoms with Gasteiger partial charge in [-0.2, -0.15) is 4.98 Å². The summed E-state index contributed by atoms with van der Waals surface area (Å²) in [5.74, 6) is 0.804. The molecule has 126 valence electrons. The molecule has 7 heteroatoms. The zero-order valence-corrected chi connectivity index (χ0v) is 13.9. The van der Waals surface area contributed by atoms with Crippen molar-refractivity contribution >= 4 is 23.4 Å². The Balaban J connectivity index is 1.63. The number of carbonyl (C=O) groups is 1. The van der Waals surface area contributed by atoms with E-state index < -0.39 is 5.97 Å². The molecule has 0 aliphatic heterocycles. The highest BCUT2D eigenvalue weighted by Gasteiger charge is 2.47. The molecule has 0 radical (unpaired) electrons. The molecule has 6 nitrogen and oxygen atoms in total. The summed E-state index contributed by atoms with van der Waals surface area (Å²) in [5.41, 5.74) is 0. The van der Waals surface area contributed by atoms with Crippen molar-refractivity contribution in [3.8, 4) is 5.82 Å². The lowest BCUT2D eigenvalue weighted by Crippen LogP contribution is -2.51. The molecule has 2 heterocycles. The van der Waals surface area contributed by atoms with Crippen LogP contribution < -0.4 is 5.32 Å². The topological polar surface area (TPSA) is 80.0 Å². The fourth-order valence-electron chi connectivity index (χ4n) is 4.28. The van der Waals surface area contributed by atoms with E-state index in [4.69, 9.17) is 11.6 Å². The van der Waals surface area contributed by atoms with Crippen molar-refractivity contribution in [2.24, 2.45) is 17.8 Å². The van der Waals surface area contributed by atoms with Crippen LogP contribution in [0.4, 0.5) is 5.82 Å². The summed E-state index contributed by atoms with van der Waals surface area (Å²) in [5, 5.41) is 13.2. The van der Waals surface area contributed by atoms with Crippen LogP contribution in [0.3, 0.4) is 0 Å². The van der Waals surface area contributed by atoms with Gasteiger partial charge in [0.1, 0.15) is 11.6 Å². The van der Waals surface area contributed by atoms with E-state index in [1.165, 1.54) is 0 Å². The van der Waals surface area contributed by atoms with Gasteiger partial charge in [0.15, 0.2) is 0 Å². The highest BCUT2D eigenvalue weighted by atomic mass is 35.5. The van der Waals surface area contributed by atoms with Crippen LogP contribution >= 0.6 is 11.6 Å². The number of nitrogens with one attached hydrogen (secondary N) is 1. The number of aromatic nitrogens is 3. The molecule has 3 fully saturated rings. The lowest BCUT2D eigenvalue weighted by atomic mass is 9.61. The molecule has 3 aliphatic rings. The standard InChI is InChI=1S/C17H19ClN4O2/c18-17-20-12(9-13(21-17)22-7-1-2-8-22)19-15-11-5-3-10(4-6-11)14(15)16(23)24/h1-2,7-11,14-15H,3-6H2,(H,23,24)(H,19,20,21). The Kier molecular flexibility index (Phi) is 3.92. The van der Waals surface area contributed by atoms with Crippen LogP contribution in [0, 0.1) is 17.8 Å². The molecule has 2 unspecified atom stereocenters. The number of fused-ring (bicyclic) bond motifs is 3. The van der Waals surface area contributed by atoms with Crippen molar-refractivity contribution < 1.29 is 9.90 Å². The number of carboxylic acids is 1. The van der Waals surface area contributed by atoms with Gasteiger partial charge in [-0.3, -0.25) is 4.79 Å². The summed E-state index contributed by atoms with van der Waals surface area (Å²) < 4.78 is 1.85. The fourth-order valence-corrected chi connectivity index (χ4v) is 4.46. The molecule has 24 heavy (non-hydrogen) atoms. The minimum atomic E-state index is -0.715. The maximum atomic E-state index is 11.8. The van der Waals surface area contributed by atoms with E-state index >= 15 is 0 Å². The van der Waals surface area contributed by atoms with Gasteiger partial charge >= 0.3 is 5.97 Å². The molecule has 2 aromatic rings. The Morgan fingerprint density at radius 2 is 1.83 bits per heavy atom. The summed E-state index contributed by atoms with van der Waals surface area (Å²) in [4.78, 5) is 20.2. The van der Waals surface area contributed by atoms with Crippen LogP contribution in [0.2, 0.25) is 5.28 Å². The van der Waals surface area contributed by atoms with Gasteiger partial charge in [-0.1, -0.05) is 0 Å². The molecule has 0 amide bonds. The third kappa shape index (κ3) is 2.75. The Labute approximate surface area is 144 Å². The van der Waals surface area contributed by atoms with E-state index in [0.717, 1.165) is 25.7 Å². The van der Waals surface area contributed by atoms with Gasteiger partial charge in [0, 0.05) is 24.5 Å². The van der Waals surface area contributed by atoms with Crippen molar-refractivity contribution in [1.82, 2.24) is 14.5 Å². The van der Waals surface area contributed by atoms with Crippen molar-refractivity contribution in [3.05, 3.63) is 35.9 Å². The van der Waals surface area contributed by atoms with Gasteiger partial charge in [0.25, 0.3) is 0 Å². The molecule has 2 N–H and O–H groups in total. The van der Waals surface area contributed by atoms with Crippen LogP contribution in [0.15, 0.2) is 30.6 Å². The maximum Gasteiger partial charge on any atom is 0.308 e. The summed E-state index contributed by atoms with van der Waals surface area (Å²) in [6.45, 7) is 0. The normalized spacial score (nSPS) is 28.7. The highest BCUT2D eigenvalue weighted by molar-refractivity contribution is 6.28. The van der Waals surface area contributed by atoms with Gasteiger partial charge in [0.05, 0.1) is 5.92 Å². The number of halogens is 1. The summed E-state index contributed by atoms with van der Waals surface area (Å²) in [6, 6.07) is 5.53. The monoisotopic (exact) mass is 346 g/mol. The molecule has 2 aromatic heterocycles. The van der Waals surface area contributed by atoms with Crippen LogP contribution in [-0.2, 0) is 4.79 Å². The summed E-state index contributed by atoms with van der Waals surface area (Å²) >= 11 is 6.07. The second-order valence-electron chi connectivity index (χ2n) is 6.68. The van der Waals surface area contributed by atoms with E-state index in [1.54, 1.807) is 0 Å². The van der Waals surface area contributed by atoms with E-state index in [2.05, 4.69) is 15.3 Å². The zero-order chi connectivity index (χ0) is 16.7. The molecule has 2 bridgehead atoms. The van der Waals surface area contributed by atoms with Gasteiger partial charge in [-0.15, -0.1) is 0 Å². The van der Waals surface area contributed by atoms with E-state index in [9.17, 15) is 9.90 Å². The van der Waals surface area contributed by atoms with E-state index in [-0.39, 0.29) is 23.2 Å². The molecule has 0 aromatic carbocycles. The second kappa shape index (κ2) is 6.09. The SMILES string of the molecule is O=C(O)C1C2CCC(CC2)C1Nc1cc(-n2cccc2)nc(Cl)n1. The Morgan fingerprint density at radius 1 is 1.17 bits per heavy atom. The maximum absolute atomic E-state index is 11.8. The van der Waals surface area contributed by atoms with Crippen LogP contribution in [0.5, 0.6) is 0 Å². The average Bonchev–Trinajstić information content (AvgIpc) is 3.09. The fraction of sp³-hybridized carbons (Fsp3) is 0.471. The first kappa shape index (κ1) is 15.4. The number of rotatable bonds is 4. The molecule has 2 atom stereocenters. The number of hydrogen-bond acceptors (Lipinski definition) is 4. The largest absolute Gasteiger partial charge is 0.481 e. The Bertz CT molecular complexity index is 741. The number of carboxylic acid groups (broad SMARTS) is 1. The van der Waals surface area contributed by atoms with Crippen molar-refractivity contribution in [2.45, 2.75) is 31.7 Å². The van der Waals surface area contributed by atoms with Gasteiger partial charge in [-0.25, -0.2) is 4.98 Å². The van der Waals surface area contributed by atoms with Crippen LogP contribution in [-0.4, -0.2) is 31.7 Å². The molecule has 0 spiro atoms.